The van der Waals surface area contributed by atoms with Crippen molar-refractivity contribution in [1.29, 1.82) is 0 Å². The second-order valence-corrected chi connectivity index (χ2v) is 6.52. The number of benzene rings is 2. The molecule has 128 valence electrons. The van der Waals surface area contributed by atoms with Crippen LogP contribution in [0.4, 0.5) is 11.4 Å². The van der Waals surface area contributed by atoms with Crippen molar-refractivity contribution >= 4 is 22.7 Å². The molecule has 0 saturated carbocycles. The van der Waals surface area contributed by atoms with Gasteiger partial charge in [0.25, 0.3) is 0 Å². The summed E-state index contributed by atoms with van der Waals surface area (Å²) < 4.78 is 5.46. The smallest absolute Gasteiger partial charge is 0.232 e. The second-order valence-electron chi connectivity index (χ2n) is 5.52. The number of ether oxygens (including phenoxy) is 1. The maximum Gasteiger partial charge on any atom is 0.232 e. The molecule has 0 aliphatic heterocycles. The maximum absolute atomic E-state index is 5.46. The van der Waals surface area contributed by atoms with Gasteiger partial charge in [0, 0.05) is 23.8 Å². The van der Waals surface area contributed by atoms with Crippen LogP contribution in [0.5, 0.6) is 5.88 Å². The summed E-state index contributed by atoms with van der Waals surface area (Å²) in [6.07, 6.45) is 5.01. The summed E-state index contributed by atoms with van der Waals surface area (Å²) in [4.78, 5) is 13.9. The van der Waals surface area contributed by atoms with E-state index in [1.54, 1.807) is 37.0 Å². The summed E-state index contributed by atoms with van der Waals surface area (Å²) >= 11 is 1.54. The fourth-order valence-corrected chi connectivity index (χ4v) is 3.54. The lowest BCUT2D eigenvalue weighted by Gasteiger charge is -2.07. The highest BCUT2D eigenvalue weighted by Crippen LogP contribution is 2.39. The summed E-state index contributed by atoms with van der Waals surface area (Å²) in [6.45, 7) is 0. The van der Waals surface area contributed by atoms with E-state index < -0.39 is 0 Å². The lowest BCUT2D eigenvalue weighted by molar-refractivity contribution is 0.402. The summed E-state index contributed by atoms with van der Waals surface area (Å²) in [5.41, 5.74) is 3.87. The van der Waals surface area contributed by atoms with Crippen molar-refractivity contribution in [3.63, 3.8) is 0 Å². The molecule has 0 aliphatic rings. The number of aromatic nitrogens is 3. The number of thiazole rings is 1. The zero-order valence-electron chi connectivity index (χ0n) is 14.1. The number of nitrogens with zero attached hydrogens (tertiary/aromatic N) is 3. The molecule has 0 saturated heterocycles. The average molecular weight is 360 g/mol. The van der Waals surface area contributed by atoms with E-state index in [0.29, 0.717) is 5.88 Å². The van der Waals surface area contributed by atoms with E-state index in [4.69, 9.17) is 4.74 Å². The minimum absolute atomic E-state index is 0.597. The number of rotatable bonds is 5. The van der Waals surface area contributed by atoms with Crippen LogP contribution in [0.15, 0.2) is 73.2 Å². The Labute approximate surface area is 155 Å². The minimum Gasteiger partial charge on any atom is -0.480 e. The van der Waals surface area contributed by atoms with Crippen molar-refractivity contribution in [3.05, 3.63) is 73.2 Å². The molecule has 0 spiro atoms. The normalized spacial score (nSPS) is 10.5. The fraction of sp³-hybridized carbons (Fsp3) is 0.0500. The van der Waals surface area contributed by atoms with Crippen LogP contribution in [-0.2, 0) is 0 Å². The third kappa shape index (κ3) is 3.41. The Morgan fingerprint density at radius 2 is 1.69 bits per heavy atom. The highest BCUT2D eigenvalue weighted by atomic mass is 32.1. The van der Waals surface area contributed by atoms with Crippen LogP contribution < -0.4 is 10.1 Å². The first-order chi connectivity index (χ1) is 12.8. The molecule has 0 radical (unpaired) electrons. The predicted molar refractivity (Wildman–Crippen MR) is 105 cm³/mol. The Kier molecular flexibility index (Phi) is 4.57. The Hall–Kier alpha value is -3.25. The molecule has 0 amide bonds. The Balaban J connectivity index is 1.62. The molecule has 0 unspecified atom stereocenters. The molecular weight excluding hydrogens is 344 g/mol. The van der Waals surface area contributed by atoms with Crippen molar-refractivity contribution < 1.29 is 4.74 Å². The number of anilines is 2. The first-order valence-electron chi connectivity index (χ1n) is 8.07. The number of methoxy groups -OCH3 is 1. The topological polar surface area (TPSA) is 59.9 Å². The van der Waals surface area contributed by atoms with Gasteiger partial charge in [0.2, 0.25) is 5.88 Å². The molecule has 0 bridgehead atoms. The van der Waals surface area contributed by atoms with Crippen LogP contribution in [0.1, 0.15) is 0 Å². The lowest BCUT2D eigenvalue weighted by atomic mass is 10.1. The second kappa shape index (κ2) is 7.33. The lowest BCUT2D eigenvalue weighted by Crippen LogP contribution is -1.89. The molecule has 1 N–H and O–H groups in total. The molecular formula is C20H16N4OS. The van der Waals surface area contributed by atoms with Crippen molar-refractivity contribution in [1.82, 2.24) is 15.0 Å². The molecule has 4 rings (SSSR count). The third-order valence-electron chi connectivity index (χ3n) is 3.78. The number of para-hydroxylation sites is 1. The van der Waals surface area contributed by atoms with Gasteiger partial charge < -0.3 is 10.1 Å². The predicted octanol–water partition coefficient (Wildman–Crippen LogP) is 5.02. The van der Waals surface area contributed by atoms with Crippen LogP contribution in [0.25, 0.3) is 21.1 Å². The van der Waals surface area contributed by atoms with Crippen LogP contribution in [0.3, 0.4) is 0 Å². The Bertz CT molecular complexity index is 986. The largest absolute Gasteiger partial charge is 0.480 e. The third-order valence-corrected chi connectivity index (χ3v) is 4.89. The van der Waals surface area contributed by atoms with E-state index in [1.807, 2.05) is 42.5 Å². The van der Waals surface area contributed by atoms with Crippen LogP contribution in [0, 0.1) is 0 Å². The molecule has 0 fully saturated rings. The van der Waals surface area contributed by atoms with Crippen molar-refractivity contribution in [3.8, 4) is 27.0 Å². The molecule has 6 heteroatoms. The SMILES string of the molecule is COc1nc(-c2cnccn2)sc1-c1ccc(Nc2ccccc2)cc1. The molecule has 2 heterocycles. The molecule has 5 nitrogen and oxygen atoms in total. The van der Waals surface area contributed by atoms with Gasteiger partial charge in [0.15, 0.2) is 0 Å². The maximum atomic E-state index is 5.46. The Morgan fingerprint density at radius 1 is 0.923 bits per heavy atom. The standard InChI is InChI=1S/C20H16N4OS/c1-25-19-18(26-20(24-19)17-13-21-11-12-22-17)14-7-9-16(10-8-14)23-15-5-3-2-4-6-15/h2-13,23H,1H3. The molecule has 4 aromatic rings. The molecule has 2 aromatic heterocycles. The summed E-state index contributed by atoms with van der Waals surface area (Å²) in [5, 5.41) is 4.17. The summed E-state index contributed by atoms with van der Waals surface area (Å²) in [7, 11) is 1.63. The Morgan fingerprint density at radius 3 is 2.38 bits per heavy atom. The van der Waals surface area contributed by atoms with Gasteiger partial charge in [-0.15, -0.1) is 11.3 Å². The average Bonchev–Trinajstić information content (AvgIpc) is 3.15. The molecule has 26 heavy (non-hydrogen) atoms. The number of hydrogen-bond acceptors (Lipinski definition) is 6. The van der Waals surface area contributed by atoms with Crippen molar-refractivity contribution in [2.24, 2.45) is 0 Å². The van der Waals surface area contributed by atoms with Gasteiger partial charge in [-0.3, -0.25) is 9.97 Å². The monoisotopic (exact) mass is 360 g/mol. The molecule has 2 aromatic carbocycles. The van der Waals surface area contributed by atoms with Gasteiger partial charge in [-0.1, -0.05) is 30.3 Å². The minimum atomic E-state index is 0.597. The van der Waals surface area contributed by atoms with Crippen LogP contribution in [-0.4, -0.2) is 22.1 Å². The van der Waals surface area contributed by atoms with E-state index in [1.165, 1.54) is 0 Å². The van der Waals surface area contributed by atoms with Gasteiger partial charge >= 0.3 is 0 Å². The zero-order valence-corrected chi connectivity index (χ0v) is 14.9. The molecule has 0 aliphatic carbocycles. The van der Waals surface area contributed by atoms with E-state index in [0.717, 1.165) is 32.5 Å². The van der Waals surface area contributed by atoms with E-state index in [-0.39, 0.29) is 0 Å². The van der Waals surface area contributed by atoms with Crippen LogP contribution in [0.2, 0.25) is 0 Å². The van der Waals surface area contributed by atoms with Gasteiger partial charge in [-0.25, -0.2) is 0 Å². The molecule has 0 atom stereocenters. The zero-order chi connectivity index (χ0) is 17.8. The summed E-state index contributed by atoms with van der Waals surface area (Å²) in [6, 6.07) is 18.3. The summed E-state index contributed by atoms with van der Waals surface area (Å²) in [5.74, 6) is 0.597. The number of nitrogens with one attached hydrogen (secondary N) is 1. The van der Waals surface area contributed by atoms with E-state index in [9.17, 15) is 0 Å². The highest BCUT2D eigenvalue weighted by Gasteiger charge is 2.15. The van der Waals surface area contributed by atoms with E-state index in [2.05, 4.69) is 32.4 Å². The van der Waals surface area contributed by atoms with Crippen molar-refractivity contribution in [2.45, 2.75) is 0 Å². The highest BCUT2D eigenvalue weighted by molar-refractivity contribution is 7.18. The number of hydrogen-bond donors (Lipinski definition) is 1. The van der Waals surface area contributed by atoms with Gasteiger partial charge in [0.1, 0.15) is 10.7 Å². The fourth-order valence-electron chi connectivity index (χ4n) is 2.54. The van der Waals surface area contributed by atoms with E-state index >= 15 is 0 Å². The first kappa shape index (κ1) is 16.2. The first-order valence-corrected chi connectivity index (χ1v) is 8.89. The van der Waals surface area contributed by atoms with Gasteiger partial charge in [-0.05, 0) is 29.8 Å². The van der Waals surface area contributed by atoms with Crippen LogP contribution >= 0.6 is 11.3 Å². The van der Waals surface area contributed by atoms with Crippen molar-refractivity contribution in [2.75, 3.05) is 12.4 Å². The quantitative estimate of drug-likeness (QED) is 0.541. The van der Waals surface area contributed by atoms with Gasteiger partial charge in [-0.2, -0.15) is 4.98 Å². The van der Waals surface area contributed by atoms with Gasteiger partial charge in [0.05, 0.1) is 18.2 Å².